The van der Waals surface area contributed by atoms with Crippen LogP contribution in [0.2, 0.25) is 0 Å². The number of carbonyl (C=O) groups excluding carboxylic acids is 3. The van der Waals surface area contributed by atoms with Gasteiger partial charge in [-0.1, -0.05) is 0 Å². The minimum Gasteiger partial charge on any atom is -0.508 e. The second-order valence-corrected chi connectivity index (χ2v) is 9.66. The number of hydrogen-bond donors (Lipinski definition) is 5. The molecular weight excluding hydrogens is 458 g/mol. The summed E-state index contributed by atoms with van der Waals surface area (Å²) in [6, 6.07) is 0.499. The van der Waals surface area contributed by atoms with Crippen LogP contribution in [0.3, 0.4) is 0 Å². The molecule has 4 rings (SSSR count). The first-order chi connectivity index (χ1) is 16.3. The molecule has 1 aromatic rings. The van der Waals surface area contributed by atoms with E-state index in [9.17, 15) is 34.8 Å². The molecule has 11 nitrogen and oxygen atoms in total. The van der Waals surface area contributed by atoms with Crippen molar-refractivity contribution in [2.24, 2.45) is 17.6 Å². The van der Waals surface area contributed by atoms with Crippen LogP contribution in [0.25, 0.3) is 5.76 Å². The number of carbonyl (C=O) groups is 3. The lowest BCUT2D eigenvalue weighted by molar-refractivity contribution is -0.153. The largest absolute Gasteiger partial charge is 0.508 e. The number of aromatic hydroxyl groups is 1. The van der Waals surface area contributed by atoms with E-state index in [4.69, 9.17) is 10.5 Å². The number of anilines is 1. The number of benzene rings is 1. The molecule has 1 amide bonds. The van der Waals surface area contributed by atoms with E-state index in [1.807, 2.05) is 0 Å². The van der Waals surface area contributed by atoms with Crippen molar-refractivity contribution in [2.75, 3.05) is 40.2 Å². The first kappa shape index (κ1) is 24.6. The van der Waals surface area contributed by atoms with Crippen LogP contribution in [0, 0.1) is 11.8 Å². The van der Waals surface area contributed by atoms with Crippen LogP contribution in [0.1, 0.15) is 17.5 Å². The summed E-state index contributed by atoms with van der Waals surface area (Å²) in [4.78, 5) is 42.2. The number of aliphatic hydroxyl groups is 3. The van der Waals surface area contributed by atoms with Crippen LogP contribution in [-0.4, -0.2) is 89.7 Å². The van der Waals surface area contributed by atoms with Gasteiger partial charge in [-0.15, -0.1) is 0 Å². The van der Waals surface area contributed by atoms with Crippen LogP contribution in [-0.2, 0) is 20.8 Å². The zero-order valence-electron chi connectivity index (χ0n) is 20.1. The molecule has 0 radical (unpaired) electrons. The minimum absolute atomic E-state index is 0.00987. The fourth-order valence-corrected chi connectivity index (χ4v) is 5.82. The van der Waals surface area contributed by atoms with Gasteiger partial charge in [-0.2, -0.15) is 0 Å². The van der Waals surface area contributed by atoms with Crippen molar-refractivity contribution >= 4 is 28.9 Å². The number of ketones is 2. The van der Waals surface area contributed by atoms with E-state index in [-0.39, 0.29) is 35.5 Å². The highest BCUT2D eigenvalue weighted by atomic mass is 16.5. The molecule has 188 valence electrons. The van der Waals surface area contributed by atoms with Gasteiger partial charge in [0.25, 0.3) is 5.91 Å². The van der Waals surface area contributed by atoms with Crippen LogP contribution in [0.4, 0.5) is 5.69 Å². The number of fused-ring (bicyclic) bond motifs is 3. The van der Waals surface area contributed by atoms with E-state index in [2.05, 4.69) is 0 Å². The molecular formula is C24H29N3O8. The third-order valence-corrected chi connectivity index (χ3v) is 7.36. The summed E-state index contributed by atoms with van der Waals surface area (Å²) >= 11 is 0. The summed E-state index contributed by atoms with van der Waals surface area (Å²) in [6.07, 6.45) is 0.241. The Morgan fingerprint density at radius 2 is 1.80 bits per heavy atom. The molecule has 0 unspecified atom stereocenters. The van der Waals surface area contributed by atoms with Gasteiger partial charge in [0.15, 0.2) is 22.9 Å². The summed E-state index contributed by atoms with van der Waals surface area (Å²) in [5, 5.41) is 44.6. The first-order valence-corrected chi connectivity index (χ1v) is 11.0. The van der Waals surface area contributed by atoms with Gasteiger partial charge >= 0.3 is 0 Å². The number of ether oxygens (including phenoxy) is 1. The maximum absolute atomic E-state index is 13.8. The summed E-state index contributed by atoms with van der Waals surface area (Å²) in [5.41, 5.74) is 2.82. The van der Waals surface area contributed by atoms with Crippen LogP contribution in [0.5, 0.6) is 11.5 Å². The van der Waals surface area contributed by atoms with Gasteiger partial charge < -0.3 is 35.8 Å². The number of methoxy groups -OCH3 is 1. The second kappa shape index (κ2) is 7.99. The summed E-state index contributed by atoms with van der Waals surface area (Å²) in [7, 11) is 8.03. The standard InChI is InChI=1S/C24H29N3O8/c1-26(2)12-8-13(35-5)18(28)15-10(12)6-9-7-11-17(27(3)4)20(30)16(23(25)33)22(32)24(11,34)21(31)14(9)19(15)29/h8-9,11,17,28-29,32,34H,6-7H2,1-5H3,(H2,25,33)/t9-,11-,17-,24-/m0/s1. The van der Waals surface area contributed by atoms with Crippen molar-refractivity contribution in [3.8, 4) is 11.5 Å². The number of amides is 1. The molecule has 11 heteroatoms. The smallest absolute Gasteiger partial charge is 0.255 e. The molecule has 0 spiro atoms. The average Bonchev–Trinajstić information content (AvgIpc) is 2.75. The molecule has 3 aliphatic rings. The quantitative estimate of drug-likeness (QED) is 0.365. The fraction of sp³-hybridized carbons (Fsp3) is 0.458. The number of phenols is 1. The van der Waals surface area contributed by atoms with Crippen molar-refractivity contribution in [1.29, 1.82) is 0 Å². The number of nitrogens with zero attached hydrogens (tertiary/aromatic N) is 2. The van der Waals surface area contributed by atoms with Crippen molar-refractivity contribution in [1.82, 2.24) is 4.90 Å². The molecule has 1 fully saturated rings. The normalized spacial score (nSPS) is 28.0. The molecule has 0 aliphatic heterocycles. The molecule has 1 saturated carbocycles. The SMILES string of the molecule is COc1cc(N(C)C)c2c(c1O)C(O)=C1C(=O)[C@]3(O)C(O)=C(C(N)=O)C(=O)[C@@H](N(C)C)[C@@H]3C[C@@H]1C2. The van der Waals surface area contributed by atoms with Crippen LogP contribution < -0.4 is 15.4 Å². The molecule has 0 bridgehead atoms. The van der Waals surface area contributed by atoms with Crippen molar-refractivity contribution in [2.45, 2.75) is 24.5 Å². The third kappa shape index (κ3) is 3.15. The number of aliphatic hydroxyl groups excluding tert-OH is 2. The van der Waals surface area contributed by atoms with E-state index in [1.165, 1.54) is 12.0 Å². The Balaban J connectivity index is 2.01. The van der Waals surface area contributed by atoms with Crippen molar-refractivity contribution in [3.05, 3.63) is 34.1 Å². The number of likely N-dealkylation sites (N-methyl/N-ethyl adjacent to an activating group) is 1. The Hall–Kier alpha value is -3.57. The number of Topliss-reactive ketones (excluding diaryl/α,β-unsaturated/α-hetero) is 2. The Morgan fingerprint density at radius 3 is 2.31 bits per heavy atom. The van der Waals surface area contributed by atoms with E-state index in [0.29, 0.717) is 11.3 Å². The van der Waals surface area contributed by atoms with E-state index in [1.54, 1.807) is 39.2 Å². The minimum atomic E-state index is -2.66. The van der Waals surface area contributed by atoms with Gasteiger partial charge in [0.05, 0.1) is 18.7 Å². The van der Waals surface area contributed by atoms with Gasteiger partial charge in [0.2, 0.25) is 5.78 Å². The van der Waals surface area contributed by atoms with Gasteiger partial charge in [0, 0.05) is 37.3 Å². The summed E-state index contributed by atoms with van der Waals surface area (Å²) in [5.74, 6) is -6.82. The zero-order valence-corrected chi connectivity index (χ0v) is 20.1. The first-order valence-electron chi connectivity index (χ1n) is 11.0. The molecule has 4 atom stereocenters. The predicted octanol–water partition coefficient (Wildman–Crippen LogP) is 0.0386. The monoisotopic (exact) mass is 487 g/mol. The number of primary amides is 1. The maximum atomic E-state index is 13.8. The number of nitrogens with two attached hydrogens (primary N) is 1. The number of phenolic OH excluding ortho intramolecular Hbond substituents is 1. The lowest BCUT2D eigenvalue weighted by Gasteiger charge is -2.50. The molecule has 0 aromatic heterocycles. The van der Waals surface area contributed by atoms with Crippen molar-refractivity contribution in [3.63, 3.8) is 0 Å². The molecule has 1 aromatic carbocycles. The number of hydrogen-bond acceptors (Lipinski definition) is 10. The highest BCUT2D eigenvalue weighted by Crippen LogP contribution is 2.54. The molecule has 6 N–H and O–H groups in total. The zero-order chi connectivity index (χ0) is 26.1. The van der Waals surface area contributed by atoms with E-state index in [0.717, 1.165) is 0 Å². The van der Waals surface area contributed by atoms with E-state index < -0.39 is 58.0 Å². The van der Waals surface area contributed by atoms with E-state index >= 15 is 0 Å². The van der Waals surface area contributed by atoms with Gasteiger partial charge in [-0.05, 0) is 38.4 Å². The summed E-state index contributed by atoms with van der Waals surface area (Å²) < 4.78 is 5.24. The van der Waals surface area contributed by atoms with Crippen LogP contribution in [0.15, 0.2) is 23.0 Å². The Kier molecular flexibility index (Phi) is 5.61. The van der Waals surface area contributed by atoms with Gasteiger partial charge in [-0.25, -0.2) is 0 Å². The third-order valence-electron chi connectivity index (χ3n) is 7.36. The topological polar surface area (TPSA) is 174 Å². The molecule has 35 heavy (non-hydrogen) atoms. The Bertz CT molecular complexity index is 1230. The molecule has 3 aliphatic carbocycles. The highest BCUT2D eigenvalue weighted by Gasteiger charge is 2.64. The fourth-order valence-electron chi connectivity index (χ4n) is 5.82. The van der Waals surface area contributed by atoms with Gasteiger partial charge in [-0.3, -0.25) is 19.3 Å². The Morgan fingerprint density at radius 1 is 1.17 bits per heavy atom. The summed E-state index contributed by atoms with van der Waals surface area (Å²) in [6.45, 7) is 0. The van der Waals surface area contributed by atoms with Crippen LogP contribution >= 0.6 is 0 Å². The lowest BCUT2D eigenvalue weighted by atomic mass is 9.57. The average molecular weight is 488 g/mol. The molecule has 0 saturated heterocycles. The van der Waals surface area contributed by atoms with Crippen molar-refractivity contribution < 1.29 is 39.5 Å². The van der Waals surface area contributed by atoms with Gasteiger partial charge in [0.1, 0.15) is 17.1 Å². The highest BCUT2D eigenvalue weighted by molar-refractivity contribution is 6.24. The molecule has 0 heterocycles. The lowest BCUT2D eigenvalue weighted by Crippen LogP contribution is -2.65. The maximum Gasteiger partial charge on any atom is 0.255 e. The Labute approximate surface area is 201 Å². The number of rotatable bonds is 4. The second-order valence-electron chi connectivity index (χ2n) is 9.66. The predicted molar refractivity (Wildman–Crippen MR) is 125 cm³/mol.